The van der Waals surface area contributed by atoms with Crippen LogP contribution in [0.25, 0.3) is 88.1 Å². The smallest absolute Gasteiger partial charge is 0.179 e. The van der Waals surface area contributed by atoms with Crippen LogP contribution < -0.4 is 20.7 Å². The van der Waals surface area contributed by atoms with E-state index in [1.165, 1.54) is 75.5 Å². The first-order valence-corrected chi connectivity index (χ1v) is 24.0. The lowest BCUT2D eigenvalue weighted by atomic mass is 10.00. The standard InChI is InChI=1S/C60H40N2OSi/c1-4-17-44(18-5-1)64(45-19-6-2-7-20-45,46-21-8-3-9-22-46)47-35-32-42(33-36-47)61-55-28-13-11-24-50(55)53-39-41(31-37-57(53)61)48-26-16-27-52-49-23-10-14-29-56(49)62(60(48)52)43-34-38-59-54(40-43)51-25-12-15-30-58(51)63-59/h1-40H. The van der Waals surface area contributed by atoms with E-state index in [1.54, 1.807) is 0 Å². The van der Waals surface area contributed by atoms with E-state index < -0.39 is 8.07 Å². The number of furan rings is 1. The van der Waals surface area contributed by atoms with Gasteiger partial charge in [-0.1, -0.05) is 182 Å². The first kappa shape index (κ1) is 36.5. The molecule has 64 heavy (non-hydrogen) atoms. The maximum Gasteiger partial charge on any atom is 0.179 e. The van der Waals surface area contributed by atoms with E-state index in [0.717, 1.165) is 33.3 Å². The number of fused-ring (bicyclic) bond motifs is 9. The highest BCUT2D eigenvalue weighted by atomic mass is 28.3. The second-order valence-electron chi connectivity index (χ2n) is 16.8. The molecule has 300 valence electrons. The summed E-state index contributed by atoms with van der Waals surface area (Å²) in [7, 11) is -2.66. The van der Waals surface area contributed by atoms with Crippen molar-refractivity contribution in [2.24, 2.45) is 0 Å². The van der Waals surface area contributed by atoms with Gasteiger partial charge in [-0.3, -0.25) is 0 Å². The maximum atomic E-state index is 6.27. The molecule has 0 unspecified atom stereocenters. The molecular formula is C60H40N2OSi. The van der Waals surface area contributed by atoms with Gasteiger partial charge in [-0.15, -0.1) is 0 Å². The first-order chi connectivity index (χ1) is 31.8. The van der Waals surface area contributed by atoms with Crippen molar-refractivity contribution in [3.05, 3.63) is 243 Å². The number of hydrogen-bond donors (Lipinski definition) is 0. The van der Waals surface area contributed by atoms with Crippen LogP contribution >= 0.6 is 0 Å². The third kappa shape index (κ3) is 5.39. The second kappa shape index (κ2) is 14.5. The Hall–Kier alpha value is -8.18. The van der Waals surface area contributed by atoms with Crippen molar-refractivity contribution in [3.8, 4) is 22.5 Å². The third-order valence-electron chi connectivity index (χ3n) is 13.5. The molecule has 0 aliphatic heterocycles. The molecule has 0 bridgehead atoms. The molecule has 0 atom stereocenters. The Bertz CT molecular complexity index is 3790. The molecule has 0 saturated heterocycles. The van der Waals surface area contributed by atoms with Crippen molar-refractivity contribution in [1.29, 1.82) is 0 Å². The zero-order chi connectivity index (χ0) is 42.2. The van der Waals surface area contributed by atoms with Crippen LogP contribution in [-0.4, -0.2) is 17.2 Å². The Morgan fingerprint density at radius 3 is 1.47 bits per heavy atom. The normalized spacial score (nSPS) is 12.1. The maximum absolute atomic E-state index is 6.27. The van der Waals surface area contributed by atoms with Crippen LogP contribution in [0.3, 0.4) is 0 Å². The van der Waals surface area contributed by atoms with E-state index in [-0.39, 0.29) is 0 Å². The fourth-order valence-corrected chi connectivity index (χ4v) is 15.5. The predicted molar refractivity (Wildman–Crippen MR) is 271 cm³/mol. The van der Waals surface area contributed by atoms with Crippen LogP contribution in [0, 0.1) is 0 Å². The van der Waals surface area contributed by atoms with Crippen LogP contribution in [0.2, 0.25) is 0 Å². The van der Waals surface area contributed by atoms with Gasteiger partial charge in [0, 0.05) is 49.3 Å². The molecule has 0 saturated carbocycles. The van der Waals surface area contributed by atoms with Crippen molar-refractivity contribution in [3.63, 3.8) is 0 Å². The summed E-state index contributed by atoms with van der Waals surface area (Å²) in [6, 6.07) is 89.2. The zero-order valence-electron chi connectivity index (χ0n) is 34.9. The fraction of sp³-hybridized carbons (Fsp3) is 0. The van der Waals surface area contributed by atoms with Gasteiger partial charge in [0.15, 0.2) is 8.07 Å². The van der Waals surface area contributed by atoms with E-state index in [1.807, 2.05) is 12.1 Å². The monoisotopic (exact) mass is 832 g/mol. The van der Waals surface area contributed by atoms with Crippen molar-refractivity contribution >= 4 is 94.4 Å². The lowest BCUT2D eigenvalue weighted by molar-refractivity contribution is 0.669. The van der Waals surface area contributed by atoms with Crippen LogP contribution in [0.5, 0.6) is 0 Å². The minimum atomic E-state index is -2.66. The Labute approximate surface area is 371 Å². The van der Waals surface area contributed by atoms with Crippen LogP contribution in [0.15, 0.2) is 247 Å². The summed E-state index contributed by atoms with van der Waals surface area (Å²) in [5.74, 6) is 0. The Kier molecular flexibility index (Phi) is 8.23. The quantitative estimate of drug-likeness (QED) is 0.116. The third-order valence-corrected chi connectivity index (χ3v) is 18.3. The Balaban J connectivity index is 0.992. The highest BCUT2D eigenvalue weighted by Gasteiger charge is 2.41. The molecule has 3 nitrogen and oxygen atoms in total. The molecule has 3 heterocycles. The van der Waals surface area contributed by atoms with Gasteiger partial charge < -0.3 is 13.6 Å². The number of hydrogen-bond acceptors (Lipinski definition) is 1. The molecule has 0 amide bonds. The summed E-state index contributed by atoms with van der Waals surface area (Å²) in [4.78, 5) is 0. The molecule has 10 aromatic carbocycles. The minimum absolute atomic E-state index is 0.896. The average Bonchev–Trinajstić information content (AvgIpc) is 4.03. The van der Waals surface area contributed by atoms with Gasteiger partial charge in [0.05, 0.1) is 22.1 Å². The molecule has 0 aliphatic rings. The molecule has 0 radical (unpaired) electrons. The molecule has 13 rings (SSSR count). The van der Waals surface area contributed by atoms with Gasteiger partial charge in [0.25, 0.3) is 0 Å². The van der Waals surface area contributed by atoms with Crippen LogP contribution in [-0.2, 0) is 0 Å². The number of benzene rings is 10. The molecule has 0 spiro atoms. The highest BCUT2D eigenvalue weighted by molar-refractivity contribution is 7.19. The minimum Gasteiger partial charge on any atom is -0.456 e. The highest BCUT2D eigenvalue weighted by Crippen LogP contribution is 2.41. The van der Waals surface area contributed by atoms with Crippen LogP contribution in [0.4, 0.5) is 0 Å². The summed E-state index contributed by atoms with van der Waals surface area (Å²) < 4.78 is 11.2. The summed E-state index contributed by atoms with van der Waals surface area (Å²) >= 11 is 0. The van der Waals surface area contributed by atoms with E-state index in [4.69, 9.17) is 4.42 Å². The van der Waals surface area contributed by atoms with Gasteiger partial charge >= 0.3 is 0 Å². The van der Waals surface area contributed by atoms with Crippen molar-refractivity contribution < 1.29 is 4.42 Å². The van der Waals surface area contributed by atoms with E-state index in [9.17, 15) is 0 Å². The Morgan fingerprint density at radius 2 is 0.797 bits per heavy atom. The predicted octanol–water partition coefficient (Wildman–Crippen LogP) is 12.8. The van der Waals surface area contributed by atoms with E-state index in [0.29, 0.717) is 0 Å². The van der Waals surface area contributed by atoms with Crippen molar-refractivity contribution in [2.75, 3.05) is 0 Å². The largest absolute Gasteiger partial charge is 0.456 e. The molecule has 0 aliphatic carbocycles. The van der Waals surface area contributed by atoms with Gasteiger partial charge in [-0.05, 0) is 87.0 Å². The molecular weight excluding hydrogens is 793 g/mol. The number of nitrogens with zero attached hydrogens (tertiary/aromatic N) is 2. The zero-order valence-corrected chi connectivity index (χ0v) is 35.9. The number of aromatic nitrogens is 2. The van der Waals surface area contributed by atoms with E-state index in [2.05, 4.69) is 240 Å². The van der Waals surface area contributed by atoms with Gasteiger partial charge in [0.2, 0.25) is 0 Å². The number of para-hydroxylation sites is 4. The fourth-order valence-electron chi connectivity index (χ4n) is 10.7. The Morgan fingerprint density at radius 1 is 0.297 bits per heavy atom. The van der Waals surface area contributed by atoms with Crippen molar-refractivity contribution in [1.82, 2.24) is 9.13 Å². The van der Waals surface area contributed by atoms with Crippen molar-refractivity contribution in [2.45, 2.75) is 0 Å². The SMILES string of the molecule is c1ccc([Si](c2ccccc2)(c2ccccc2)c2ccc(-n3c4ccccc4c4cc(-c5cccc6c7ccccc7n(-c7ccc8oc9ccccc9c8c7)c56)ccc43)cc2)cc1. The molecule has 13 aromatic rings. The van der Waals surface area contributed by atoms with Gasteiger partial charge in [-0.2, -0.15) is 0 Å². The first-order valence-electron chi connectivity index (χ1n) is 22.0. The summed E-state index contributed by atoms with van der Waals surface area (Å²) in [6.07, 6.45) is 0. The molecule has 3 aromatic heterocycles. The lowest BCUT2D eigenvalue weighted by Crippen LogP contribution is -2.74. The molecule has 0 N–H and O–H groups in total. The summed E-state index contributed by atoms with van der Waals surface area (Å²) in [5, 5.41) is 12.6. The summed E-state index contributed by atoms with van der Waals surface area (Å²) in [6.45, 7) is 0. The number of rotatable bonds is 7. The lowest BCUT2D eigenvalue weighted by Gasteiger charge is -2.34. The van der Waals surface area contributed by atoms with Gasteiger partial charge in [0.1, 0.15) is 11.2 Å². The topological polar surface area (TPSA) is 23.0 Å². The van der Waals surface area contributed by atoms with Crippen LogP contribution in [0.1, 0.15) is 0 Å². The molecule has 4 heteroatoms. The average molecular weight is 833 g/mol. The molecule has 0 fully saturated rings. The van der Waals surface area contributed by atoms with Gasteiger partial charge in [-0.25, -0.2) is 0 Å². The second-order valence-corrected chi connectivity index (χ2v) is 20.6. The summed E-state index contributed by atoms with van der Waals surface area (Å²) in [5.41, 5.74) is 11.2. The van der Waals surface area contributed by atoms with E-state index >= 15 is 0 Å².